The van der Waals surface area contributed by atoms with Crippen LogP contribution in [0, 0.1) is 0 Å². The van der Waals surface area contributed by atoms with Crippen molar-refractivity contribution in [2.75, 3.05) is 32.1 Å². The molecule has 25 heavy (non-hydrogen) atoms. The maximum absolute atomic E-state index is 12.1. The van der Waals surface area contributed by atoms with E-state index in [0.29, 0.717) is 11.5 Å². The zero-order valence-electron chi connectivity index (χ0n) is 15.0. The minimum absolute atomic E-state index is 0.0335. The number of hydrogen-bond acceptors (Lipinski definition) is 7. The van der Waals surface area contributed by atoms with Crippen LogP contribution in [-0.4, -0.2) is 56.9 Å². The highest BCUT2D eigenvalue weighted by Crippen LogP contribution is 2.33. The molecule has 2 aromatic heterocycles. The predicted octanol–water partition coefficient (Wildman–Crippen LogP) is 1.75. The second-order valence-corrected chi connectivity index (χ2v) is 7.78. The monoisotopic (exact) mass is 365 g/mol. The number of hydrogen-bond donors (Lipinski definition) is 2. The molecule has 0 aromatic carbocycles. The molecule has 0 spiro atoms. The minimum atomic E-state index is -0.129. The average Bonchev–Trinajstić information content (AvgIpc) is 3.04. The van der Waals surface area contributed by atoms with Gasteiger partial charge in [-0.15, -0.1) is 5.10 Å². The predicted molar refractivity (Wildman–Crippen MR) is 101 cm³/mol. The quantitative estimate of drug-likeness (QED) is 0.778. The van der Waals surface area contributed by atoms with E-state index in [0.717, 1.165) is 36.6 Å². The van der Waals surface area contributed by atoms with Crippen LogP contribution in [0.25, 0.3) is 4.96 Å². The van der Waals surface area contributed by atoms with Gasteiger partial charge in [-0.05, 0) is 26.3 Å². The number of fused-ring (bicyclic) bond motifs is 1. The van der Waals surface area contributed by atoms with E-state index < -0.39 is 0 Å². The zero-order chi connectivity index (χ0) is 17.9. The van der Waals surface area contributed by atoms with Crippen LogP contribution in [0.15, 0.2) is 10.9 Å². The van der Waals surface area contributed by atoms with Crippen molar-refractivity contribution in [3.05, 3.63) is 22.1 Å². The highest BCUT2D eigenvalue weighted by atomic mass is 32.1. The van der Waals surface area contributed by atoms with Crippen LogP contribution >= 0.6 is 11.3 Å². The Bertz CT molecular complexity index is 766. The van der Waals surface area contributed by atoms with Gasteiger partial charge in [-0.3, -0.25) is 9.69 Å². The van der Waals surface area contributed by atoms with Crippen LogP contribution in [0.4, 0.5) is 5.13 Å². The fourth-order valence-corrected chi connectivity index (χ4v) is 4.46. The number of aliphatic hydroxyl groups excluding tert-OH is 1. The van der Waals surface area contributed by atoms with Gasteiger partial charge in [-0.2, -0.15) is 4.52 Å². The Morgan fingerprint density at radius 3 is 2.84 bits per heavy atom. The molecule has 7 nitrogen and oxygen atoms in total. The molecular formula is C17H27N5O2S. The molecule has 0 radical (unpaired) electrons. The van der Waals surface area contributed by atoms with Crippen molar-refractivity contribution in [3.8, 4) is 0 Å². The van der Waals surface area contributed by atoms with E-state index in [2.05, 4.69) is 27.3 Å². The molecule has 1 fully saturated rings. The molecule has 1 saturated carbocycles. The maximum atomic E-state index is 12.1. The molecule has 8 heteroatoms. The van der Waals surface area contributed by atoms with Crippen LogP contribution in [0.1, 0.15) is 44.7 Å². The van der Waals surface area contributed by atoms with Gasteiger partial charge in [-0.25, -0.2) is 4.98 Å². The fourth-order valence-electron chi connectivity index (χ4n) is 3.64. The van der Waals surface area contributed by atoms with Gasteiger partial charge in [0.25, 0.3) is 5.56 Å². The molecule has 2 heterocycles. The molecule has 0 amide bonds. The number of aryl methyl sites for hydroxylation is 1. The van der Waals surface area contributed by atoms with Crippen LogP contribution < -0.4 is 10.9 Å². The molecule has 0 atom stereocenters. The summed E-state index contributed by atoms with van der Waals surface area (Å²) in [5.41, 5.74) is 0.703. The molecule has 2 aromatic rings. The standard InChI is InChI=1S/C17H27N5O2S/c1-3-13-11-14(24)22-16(19-13)25-15(20-22)18-12-17(21(2)9-10-23)7-5-4-6-8-17/h11,23H,3-10,12H2,1-2H3,(H,18,20). The molecule has 1 aliphatic rings. The van der Waals surface area contributed by atoms with Crippen LogP contribution in [0.5, 0.6) is 0 Å². The molecule has 3 rings (SSSR count). The van der Waals surface area contributed by atoms with E-state index in [1.807, 2.05) is 6.92 Å². The van der Waals surface area contributed by atoms with Crippen molar-refractivity contribution < 1.29 is 5.11 Å². The highest BCUT2D eigenvalue weighted by Gasteiger charge is 2.35. The first-order valence-corrected chi connectivity index (χ1v) is 9.85. The van der Waals surface area contributed by atoms with Gasteiger partial charge in [0.15, 0.2) is 0 Å². The Morgan fingerprint density at radius 1 is 1.40 bits per heavy atom. The molecule has 0 saturated heterocycles. The summed E-state index contributed by atoms with van der Waals surface area (Å²) in [7, 11) is 2.08. The summed E-state index contributed by atoms with van der Waals surface area (Å²) in [5.74, 6) is 0. The second-order valence-electron chi connectivity index (χ2n) is 6.82. The molecule has 2 N–H and O–H groups in total. The van der Waals surface area contributed by atoms with Crippen molar-refractivity contribution in [2.45, 2.75) is 51.0 Å². The van der Waals surface area contributed by atoms with E-state index in [9.17, 15) is 9.90 Å². The SMILES string of the molecule is CCc1cc(=O)n2nc(NCC3(N(C)CCO)CCCCC3)sc2n1. The van der Waals surface area contributed by atoms with Crippen LogP contribution in [-0.2, 0) is 6.42 Å². The van der Waals surface area contributed by atoms with Crippen LogP contribution in [0.3, 0.4) is 0 Å². The number of aromatic nitrogens is 3. The summed E-state index contributed by atoms with van der Waals surface area (Å²) in [6.07, 6.45) is 6.64. The van der Waals surface area contributed by atoms with Crippen molar-refractivity contribution in [1.29, 1.82) is 0 Å². The molecule has 0 aliphatic heterocycles. The van der Waals surface area contributed by atoms with Crippen molar-refractivity contribution >= 4 is 21.4 Å². The largest absolute Gasteiger partial charge is 0.395 e. The maximum Gasteiger partial charge on any atom is 0.275 e. The van der Waals surface area contributed by atoms with Crippen molar-refractivity contribution in [1.82, 2.24) is 19.5 Å². The summed E-state index contributed by atoms with van der Waals surface area (Å²) in [5, 5.41) is 17.9. The van der Waals surface area contributed by atoms with E-state index >= 15 is 0 Å². The Hall–Kier alpha value is -1.51. The second kappa shape index (κ2) is 7.80. The minimum Gasteiger partial charge on any atom is -0.395 e. The average molecular weight is 366 g/mol. The number of anilines is 1. The smallest absolute Gasteiger partial charge is 0.275 e. The third-order valence-corrected chi connectivity index (χ3v) is 6.12. The number of rotatable bonds is 7. The number of likely N-dealkylation sites (N-methyl/N-ethyl adjacent to an activating group) is 1. The topological polar surface area (TPSA) is 82.8 Å². The fraction of sp³-hybridized carbons (Fsp3) is 0.706. The molecule has 138 valence electrons. The summed E-state index contributed by atoms with van der Waals surface area (Å²) < 4.78 is 1.37. The van der Waals surface area contributed by atoms with Gasteiger partial charge in [0.05, 0.1) is 6.61 Å². The molecular weight excluding hydrogens is 338 g/mol. The summed E-state index contributed by atoms with van der Waals surface area (Å²) in [6, 6.07) is 1.55. The first-order valence-electron chi connectivity index (χ1n) is 9.04. The van der Waals surface area contributed by atoms with Crippen molar-refractivity contribution in [2.24, 2.45) is 0 Å². The lowest BCUT2D eigenvalue weighted by Crippen LogP contribution is -2.53. The summed E-state index contributed by atoms with van der Waals surface area (Å²) in [4.78, 5) is 19.5. The number of nitrogens with zero attached hydrogens (tertiary/aromatic N) is 4. The Labute approximate surface area is 151 Å². The number of β-amino-alcohol motifs (C(OH)–C–C–N with tert-alkyl or cyclic N) is 1. The summed E-state index contributed by atoms with van der Waals surface area (Å²) in [6.45, 7) is 3.59. The van der Waals surface area contributed by atoms with Gasteiger partial charge in [0, 0.05) is 30.4 Å². The number of aliphatic hydroxyl groups is 1. The van der Waals surface area contributed by atoms with Gasteiger partial charge < -0.3 is 10.4 Å². The third-order valence-electron chi connectivity index (χ3n) is 5.26. The first kappa shape index (κ1) is 18.3. The highest BCUT2D eigenvalue weighted by molar-refractivity contribution is 7.20. The van der Waals surface area contributed by atoms with Crippen molar-refractivity contribution in [3.63, 3.8) is 0 Å². The normalized spacial score (nSPS) is 17.3. The lowest BCUT2D eigenvalue weighted by molar-refractivity contribution is 0.0690. The van der Waals surface area contributed by atoms with Crippen LogP contribution in [0.2, 0.25) is 0 Å². The third kappa shape index (κ3) is 3.86. The van der Waals surface area contributed by atoms with E-state index in [1.54, 1.807) is 6.07 Å². The van der Waals surface area contributed by atoms with Gasteiger partial charge in [0.1, 0.15) is 0 Å². The van der Waals surface area contributed by atoms with Gasteiger partial charge in [-0.1, -0.05) is 37.5 Å². The zero-order valence-corrected chi connectivity index (χ0v) is 15.8. The first-order chi connectivity index (χ1) is 12.1. The van der Waals surface area contributed by atoms with E-state index in [4.69, 9.17) is 0 Å². The Kier molecular flexibility index (Phi) is 5.71. The lowest BCUT2D eigenvalue weighted by Gasteiger charge is -2.44. The van der Waals surface area contributed by atoms with E-state index in [1.165, 1.54) is 35.1 Å². The molecule has 0 bridgehead atoms. The molecule has 0 unspecified atom stereocenters. The van der Waals surface area contributed by atoms with Gasteiger partial charge >= 0.3 is 0 Å². The Morgan fingerprint density at radius 2 is 2.16 bits per heavy atom. The summed E-state index contributed by atoms with van der Waals surface area (Å²) >= 11 is 1.42. The number of nitrogens with one attached hydrogen (secondary N) is 1. The van der Waals surface area contributed by atoms with Gasteiger partial charge in [0.2, 0.25) is 10.1 Å². The molecule has 1 aliphatic carbocycles. The lowest BCUT2D eigenvalue weighted by atomic mass is 9.80. The van der Waals surface area contributed by atoms with E-state index in [-0.39, 0.29) is 17.7 Å². The Balaban J connectivity index is 1.79.